The van der Waals surface area contributed by atoms with Crippen LogP contribution < -0.4 is 20.5 Å². The molecule has 0 saturated carbocycles. The first-order chi connectivity index (χ1) is 11.8. The molecule has 132 valence electrons. The minimum absolute atomic E-state index is 0.113. The second-order valence-electron chi connectivity index (χ2n) is 4.83. The van der Waals surface area contributed by atoms with E-state index in [-0.39, 0.29) is 11.7 Å². The van der Waals surface area contributed by atoms with Crippen LogP contribution in [0.5, 0.6) is 11.5 Å². The summed E-state index contributed by atoms with van der Waals surface area (Å²) in [4.78, 5) is 12.0. The Morgan fingerprint density at radius 1 is 1.32 bits per heavy atom. The van der Waals surface area contributed by atoms with Crippen molar-refractivity contribution >= 4 is 62.4 Å². The number of carbonyl (C=O) groups is 1. The summed E-state index contributed by atoms with van der Waals surface area (Å²) >= 11 is 20.1. The summed E-state index contributed by atoms with van der Waals surface area (Å²) in [6.07, 6.45) is 0. The first-order valence-corrected chi connectivity index (χ1v) is 8.82. The lowest BCUT2D eigenvalue weighted by atomic mass is 10.2. The number of hydrogen-bond acceptors (Lipinski definition) is 4. The minimum Gasteiger partial charge on any atom is -0.493 e. The van der Waals surface area contributed by atoms with E-state index in [4.69, 9.17) is 38.4 Å². The largest absolute Gasteiger partial charge is 0.493 e. The predicted molar refractivity (Wildman–Crippen MR) is 106 cm³/mol. The quantitative estimate of drug-likeness (QED) is 0.646. The van der Waals surface area contributed by atoms with Crippen LogP contribution in [0.1, 0.15) is 15.9 Å². The number of ether oxygens (including phenoxy) is 2. The van der Waals surface area contributed by atoms with Crippen LogP contribution >= 0.6 is 51.3 Å². The molecular formula is C16H13BrCl2N2O3S. The van der Waals surface area contributed by atoms with Crippen molar-refractivity contribution in [2.75, 3.05) is 7.11 Å². The van der Waals surface area contributed by atoms with Crippen LogP contribution in [-0.4, -0.2) is 18.1 Å². The van der Waals surface area contributed by atoms with Gasteiger partial charge in [-0.3, -0.25) is 10.1 Å². The van der Waals surface area contributed by atoms with Gasteiger partial charge in [-0.15, -0.1) is 0 Å². The van der Waals surface area contributed by atoms with Crippen LogP contribution in [0.25, 0.3) is 0 Å². The van der Waals surface area contributed by atoms with E-state index in [1.165, 1.54) is 13.2 Å². The molecule has 0 saturated heterocycles. The third-order valence-corrected chi connectivity index (χ3v) is 4.39. The standard InChI is InChI=1S/C16H13BrCl2N2O3S/c1-23-13-5-9(15(22)21-16(20)25)4-11(17)14(13)24-7-8-2-3-10(18)6-12(8)19/h2-6H,7H2,1H3,(H3,20,21,22,25). The monoisotopic (exact) mass is 462 g/mol. The normalized spacial score (nSPS) is 10.2. The van der Waals surface area contributed by atoms with Gasteiger partial charge in [0.1, 0.15) is 6.61 Å². The summed E-state index contributed by atoms with van der Waals surface area (Å²) in [5.41, 5.74) is 6.39. The average Bonchev–Trinajstić information content (AvgIpc) is 2.53. The molecule has 0 aliphatic heterocycles. The highest BCUT2D eigenvalue weighted by Crippen LogP contribution is 2.37. The van der Waals surface area contributed by atoms with E-state index >= 15 is 0 Å². The Kier molecular flexibility index (Phi) is 6.89. The van der Waals surface area contributed by atoms with E-state index in [2.05, 4.69) is 33.5 Å². The van der Waals surface area contributed by atoms with Crippen molar-refractivity contribution in [2.45, 2.75) is 6.61 Å². The van der Waals surface area contributed by atoms with Gasteiger partial charge in [0.15, 0.2) is 16.6 Å². The Bertz CT molecular complexity index is 833. The second-order valence-corrected chi connectivity index (χ2v) is 6.97. The number of thiocarbonyl (C=S) groups is 1. The van der Waals surface area contributed by atoms with Crippen molar-refractivity contribution in [2.24, 2.45) is 5.73 Å². The topological polar surface area (TPSA) is 73.6 Å². The lowest BCUT2D eigenvalue weighted by Crippen LogP contribution is -2.34. The van der Waals surface area contributed by atoms with Crippen LogP contribution in [-0.2, 0) is 6.61 Å². The fraction of sp³-hybridized carbons (Fsp3) is 0.125. The molecule has 9 heteroatoms. The molecule has 0 aromatic heterocycles. The van der Waals surface area contributed by atoms with E-state index in [1.807, 2.05) is 0 Å². The highest BCUT2D eigenvalue weighted by Gasteiger charge is 2.16. The summed E-state index contributed by atoms with van der Waals surface area (Å²) < 4.78 is 11.6. The van der Waals surface area contributed by atoms with Crippen LogP contribution in [0, 0.1) is 0 Å². The molecule has 3 N–H and O–H groups in total. The number of methoxy groups -OCH3 is 1. The molecule has 0 bridgehead atoms. The Labute approximate surface area is 168 Å². The molecule has 5 nitrogen and oxygen atoms in total. The average molecular weight is 464 g/mol. The number of halogens is 3. The molecule has 0 fully saturated rings. The van der Waals surface area contributed by atoms with Crippen molar-refractivity contribution in [3.05, 3.63) is 56.0 Å². The first-order valence-electron chi connectivity index (χ1n) is 6.87. The molecule has 0 unspecified atom stereocenters. The van der Waals surface area contributed by atoms with Crippen molar-refractivity contribution in [1.29, 1.82) is 0 Å². The summed E-state index contributed by atoms with van der Waals surface area (Å²) in [5, 5.41) is 3.28. The molecular weight excluding hydrogens is 451 g/mol. The minimum atomic E-state index is -0.446. The third-order valence-electron chi connectivity index (χ3n) is 3.12. The Morgan fingerprint density at radius 3 is 2.64 bits per heavy atom. The highest BCUT2D eigenvalue weighted by atomic mass is 79.9. The smallest absolute Gasteiger partial charge is 0.257 e. The van der Waals surface area contributed by atoms with E-state index in [0.29, 0.717) is 31.6 Å². The Hall–Kier alpha value is -1.54. The predicted octanol–water partition coefficient (Wildman–Crippen LogP) is 4.32. The molecule has 0 heterocycles. The van der Waals surface area contributed by atoms with Crippen molar-refractivity contribution in [1.82, 2.24) is 5.32 Å². The fourth-order valence-electron chi connectivity index (χ4n) is 1.96. The molecule has 25 heavy (non-hydrogen) atoms. The van der Waals surface area contributed by atoms with Crippen LogP contribution in [0.4, 0.5) is 0 Å². The highest BCUT2D eigenvalue weighted by molar-refractivity contribution is 9.10. The maximum absolute atomic E-state index is 12.0. The van der Waals surface area contributed by atoms with Gasteiger partial charge in [-0.05, 0) is 52.4 Å². The molecule has 0 radical (unpaired) electrons. The van der Waals surface area contributed by atoms with Gasteiger partial charge in [-0.2, -0.15) is 0 Å². The van der Waals surface area contributed by atoms with Gasteiger partial charge in [0.2, 0.25) is 0 Å². The van der Waals surface area contributed by atoms with Crippen LogP contribution in [0.15, 0.2) is 34.8 Å². The number of rotatable bonds is 5. The van der Waals surface area contributed by atoms with E-state index in [9.17, 15) is 4.79 Å². The zero-order valence-corrected chi connectivity index (χ0v) is 16.9. The molecule has 0 atom stereocenters. The van der Waals surface area contributed by atoms with E-state index in [1.54, 1.807) is 24.3 Å². The maximum atomic E-state index is 12.0. The third kappa shape index (κ3) is 5.22. The Morgan fingerprint density at radius 2 is 2.04 bits per heavy atom. The number of amides is 1. The van der Waals surface area contributed by atoms with E-state index < -0.39 is 5.91 Å². The van der Waals surface area contributed by atoms with Gasteiger partial charge in [0.05, 0.1) is 11.6 Å². The van der Waals surface area contributed by atoms with Gasteiger partial charge in [0.25, 0.3) is 5.91 Å². The lowest BCUT2D eigenvalue weighted by Gasteiger charge is -2.15. The molecule has 2 rings (SSSR count). The molecule has 0 aliphatic rings. The molecule has 2 aromatic rings. The maximum Gasteiger partial charge on any atom is 0.257 e. The number of benzene rings is 2. The van der Waals surface area contributed by atoms with Crippen molar-refractivity contribution in [3.63, 3.8) is 0 Å². The van der Waals surface area contributed by atoms with Gasteiger partial charge < -0.3 is 15.2 Å². The van der Waals surface area contributed by atoms with Crippen LogP contribution in [0.3, 0.4) is 0 Å². The van der Waals surface area contributed by atoms with Gasteiger partial charge in [-0.1, -0.05) is 29.3 Å². The Balaban J connectivity index is 2.25. The number of carbonyl (C=O) groups excluding carboxylic acids is 1. The number of nitrogens with one attached hydrogen (secondary N) is 1. The van der Waals surface area contributed by atoms with Crippen molar-refractivity contribution < 1.29 is 14.3 Å². The molecule has 1 amide bonds. The van der Waals surface area contributed by atoms with E-state index in [0.717, 1.165) is 5.56 Å². The first kappa shape index (κ1) is 19.8. The fourth-order valence-corrected chi connectivity index (χ4v) is 3.08. The van der Waals surface area contributed by atoms with Crippen molar-refractivity contribution in [3.8, 4) is 11.5 Å². The summed E-state index contributed by atoms with van der Waals surface area (Å²) in [7, 11) is 1.47. The van der Waals surface area contributed by atoms with Gasteiger partial charge in [-0.25, -0.2) is 0 Å². The molecule has 0 aliphatic carbocycles. The summed E-state index contributed by atoms with van der Waals surface area (Å²) in [6, 6.07) is 8.24. The molecule has 2 aromatic carbocycles. The van der Waals surface area contributed by atoms with Gasteiger partial charge >= 0.3 is 0 Å². The summed E-state index contributed by atoms with van der Waals surface area (Å²) in [6.45, 7) is 0.198. The van der Waals surface area contributed by atoms with Crippen LogP contribution in [0.2, 0.25) is 10.0 Å². The van der Waals surface area contributed by atoms with Gasteiger partial charge in [0, 0.05) is 21.2 Å². The summed E-state index contributed by atoms with van der Waals surface area (Å²) in [5.74, 6) is 0.353. The SMILES string of the molecule is COc1cc(C(=O)NC(N)=S)cc(Br)c1OCc1ccc(Cl)cc1Cl. The second kappa shape index (κ2) is 8.71. The number of nitrogens with two attached hydrogens (primary N) is 1. The lowest BCUT2D eigenvalue weighted by molar-refractivity contribution is 0.0977. The molecule has 0 spiro atoms. The number of hydrogen-bond donors (Lipinski definition) is 2. The zero-order valence-electron chi connectivity index (χ0n) is 12.9. The zero-order chi connectivity index (χ0) is 18.6.